The molecule has 20 heavy (non-hydrogen) atoms. The second-order valence-corrected chi connectivity index (χ2v) is 5.54. The molecule has 0 spiro atoms. The molecule has 2 heterocycles. The van der Waals surface area contributed by atoms with Gasteiger partial charge in [-0.3, -0.25) is 0 Å². The molecule has 1 aliphatic rings. The molecule has 3 nitrogen and oxygen atoms in total. The average molecular weight is 288 g/mol. The molecular weight excluding hydrogens is 270 g/mol. The smallest absolute Gasteiger partial charge is 0.133 e. The fourth-order valence-corrected chi connectivity index (χ4v) is 2.83. The zero-order valence-corrected chi connectivity index (χ0v) is 12.4. The summed E-state index contributed by atoms with van der Waals surface area (Å²) in [6.45, 7) is 3.94. The van der Waals surface area contributed by atoms with Crippen LogP contribution in [0.15, 0.2) is 24.3 Å². The van der Waals surface area contributed by atoms with E-state index in [9.17, 15) is 0 Å². The number of nitrogens with zero attached hydrogens (tertiary/aromatic N) is 2. The predicted octanol–water partition coefficient (Wildman–Crippen LogP) is 3.28. The Hall–Kier alpha value is -1.45. The molecule has 0 atom stereocenters. The van der Waals surface area contributed by atoms with Crippen LogP contribution < -0.4 is 5.32 Å². The van der Waals surface area contributed by atoms with Gasteiger partial charge >= 0.3 is 0 Å². The number of hydrogen-bond acceptors (Lipinski definition) is 3. The fourth-order valence-electron chi connectivity index (χ4n) is 2.63. The molecule has 3 rings (SSSR count). The Bertz CT molecular complexity index is 625. The first-order valence-electron chi connectivity index (χ1n) is 7.09. The monoisotopic (exact) mass is 287 g/mol. The third-order valence-corrected chi connectivity index (χ3v) is 3.98. The topological polar surface area (TPSA) is 37.8 Å². The van der Waals surface area contributed by atoms with E-state index in [0.29, 0.717) is 6.42 Å². The lowest BCUT2D eigenvalue weighted by molar-refractivity contribution is 0.753. The Balaban J connectivity index is 1.94. The van der Waals surface area contributed by atoms with Crippen molar-refractivity contribution < 1.29 is 0 Å². The van der Waals surface area contributed by atoms with E-state index in [1.807, 2.05) is 24.3 Å². The van der Waals surface area contributed by atoms with Crippen molar-refractivity contribution in [2.45, 2.75) is 39.3 Å². The maximum Gasteiger partial charge on any atom is 0.133 e. The lowest BCUT2D eigenvalue weighted by atomic mass is 10.1. The Kier molecular flexibility index (Phi) is 3.99. The van der Waals surface area contributed by atoms with Crippen LogP contribution in [0.3, 0.4) is 0 Å². The van der Waals surface area contributed by atoms with Crippen LogP contribution in [0.4, 0.5) is 0 Å². The van der Waals surface area contributed by atoms with Gasteiger partial charge < -0.3 is 5.32 Å². The Morgan fingerprint density at radius 2 is 2.05 bits per heavy atom. The second kappa shape index (κ2) is 5.90. The number of aromatic nitrogens is 2. The third kappa shape index (κ3) is 2.69. The van der Waals surface area contributed by atoms with E-state index in [0.717, 1.165) is 48.0 Å². The molecule has 1 aromatic carbocycles. The first-order chi connectivity index (χ1) is 9.78. The van der Waals surface area contributed by atoms with Crippen molar-refractivity contribution in [1.29, 1.82) is 0 Å². The molecule has 0 bridgehead atoms. The molecule has 0 saturated heterocycles. The summed E-state index contributed by atoms with van der Waals surface area (Å²) in [6, 6.07) is 7.90. The Labute approximate surface area is 124 Å². The van der Waals surface area contributed by atoms with Crippen LogP contribution in [0.2, 0.25) is 5.02 Å². The largest absolute Gasteiger partial charge is 0.307 e. The molecule has 0 aliphatic carbocycles. The summed E-state index contributed by atoms with van der Waals surface area (Å²) in [5, 5.41) is 4.14. The lowest BCUT2D eigenvalue weighted by Crippen LogP contribution is -2.07. The molecule has 0 amide bonds. The number of hydrogen-bond donors (Lipinski definition) is 1. The SMILES string of the molecule is CCCc1nc(Cc2ccccc2Cl)nc2c1CNC2. The van der Waals surface area contributed by atoms with Gasteiger partial charge in [0.05, 0.1) is 5.69 Å². The van der Waals surface area contributed by atoms with Gasteiger partial charge in [0.2, 0.25) is 0 Å². The molecule has 1 N–H and O–H groups in total. The van der Waals surface area contributed by atoms with Crippen LogP contribution in [-0.4, -0.2) is 9.97 Å². The van der Waals surface area contributed by atoms with Gasteiger partial charge in [0.25, 0.3) is 0 Å². The Morgan fingerprint density at radius 3 is 2.85 bits per heavy atom. The summed E-state index contributed by atoms with van der Waals surface area (Å²) in [5.41, 5.74) is 4.74. The summed E-state index contributed by atoms with van der Waals surface area (Å²) in [7, 11) is 0. The van der Waals surface area contributed by atoms with E-state index in [2.05, 4.69) is 12.2 Å². The van der Waals surface area contributed by atoms with E-state index >= 15 is 0 Å². The number of aryl methyl sites for hydroxylation is 1. The van der Waals surface area contributed by atoms with Gasteiger partial charge in [-0.25, -0.2) is 9.97 Å². The van der Waals surface area contributed by atoms with Gasteiger partial charge in [0.15, 0.2) is 0 Å². The molecule has 2 aromatic rings. The normalized spacial score (nSPS) is 13.5. The van der Waals surface area contributed by atoms with E-state index in [4.69, 9.17) is 21.6 Å². The summed E-state index contributed by atoms with van der Waals surface area (Å²) in [6.07, 6.45) is 2.82. The van der Waals surface area contributed by atoms with Crippen molar-refractivity contribution in [2.75, 3.05) is 0 Å². The molecule has 0 radical (unpaired) electrons. The average Bonchev–Trinajstić information content (AvgIpc) is 2.90. The second-order valence-electron chi connectivity index (χ2n) is 5.13. The zero-order valence-electron chi connectivity index (χ0n) is 11.6. The molecule has 0 unspecified atom stereocenters. The van der Waals surface area contributed by atoms with Gasteiger partial charge in [0.1, 0.15) is 5.82 Å². The zero-order chi connectivity index (χ0) is 13.9. The molecular formula is C16H18ClN3. The van der Waals surface area contributed by atoms with Crippen LogP contribution in [-0.2, 0) is 25.9 Å². The van der Waals surface area contributed by atoms with Crippen LogP contribution in [0, 0.1) is 0 Å². The van der Waals surface area contributed by atoms with Crippen molar-refractivity contribution in [3.63, 3.8) is 0 Å². The first-order valence-corrected chi connectivity index (χ1v) is 7.47. The predicted molar refractivity (Wildman–Crippen MR) is 80.8 cm³/mol. The van der Waals surface area contributed by atoms with Crippen LogP contribution in [0.1, 0.15) is 41.7 Å². The highest BCUT2D eigenvalue weighted by molar-refractivity contribution is 6.31. The van der Waals surface area contributed by atoms with E-state index in [-0.39, 0.29) is 0 Å². The van der Waals surface area contributed by atoms with E-state index in [1.165, 1.54) is 11.3 Å². The summed E-state index contributed by atoms with van der Waals surface area (Å²) in [5.74, 6) is 0.879. The molecule has 0 fully saturated rings. The minimum atomic E-state index is 0.698. The minimum Gasteiger partial charge on any atom is -0.307 e. The van der Waals surface area contributed by atoms with E-state index < -0.39 is 0 Å². The number of halogens is 1. The van der Waals surface area contributed by atoms with Gasteiger partial charge in [0, 0.05) is 35.8 Å². The molecule has 104 valence electrons. The summed E-state index contributed by atoms with van der Waals surface area (Å²) in [4.78, 5) is 9.46. The lowest BCUT2D eigenvalue weighted by Gasteiger charge is -2.09. The third-order valence-electron chi connectivity index (χ3n) is 3.61. The van der Waals surface area contributed by atoms with Gasteiger partial charge in [-0.1, -0.05) is 43.1 Å². The molecule has 0 saturated carbocycles. The summed E-state index contributed by atoms with van der Waals surface area (Å²) < 4.78 is 0. The standard InChI is InChI=1S/C16H18ClN3/c1-2-5-14-12-9-18-10-15(12)20-16(19-14)8-11-6-3-4-7-13(11)17/h3-4,6-7,18H,2,5,8-10H2,1H3. The number of rotatable bonds is 4. The number of benzene rings is 1. The van der Waals surface area contributed by atoms with Crippen molar-refractivity contribution in [3.8, 4) is 0 Å². The maximum absolute atomic E-state index is 6.22. The van der Waals surface area contributed by atoms with Gasteiger partial charge in [-0.05, 0) is 18.1 Å². The highest BCUT2D eigenvalue weighted by Gasteiger charge is 2.18. The van der Waals surface area contributed by atoms with Gasteiger partial charge in [-0.2, -0.15) is 0 Å². The first kappa shape index (κ1) is 13.5. The highest BCUT2D eigenvalue weighted by atomic mass is 35.5. The van der Waals surface area contributed by atoms with Crippen molar-refractivity contribution in [2.24, 2.45) is 0 Å². The van der Waals surface area contributed by atoms with Crippen molar-refractivity contribution in [1.82, 2.24) is 15.3 Å². The Morgan fingerprint density at radius 1 is 1.20 bits per heavy atom. The fraction of sp³-hybridized carbons (Fsp3) is 0.375. The van der Waals surface area contributed by atoms with Gasteiger partial charge in [-0.15, -0.1) is 0 Å². The minimum absolute atomic E-state index is 0.698. The molecule has 1 aliphatic heterocycles. The maximum atomic E-state index is 6.22. The molecule has 1 aromatic heterocycles. The van der Waals surface area contributed by atoms with Crippen LogP contribution in [0.5, 0.6) is 0 Å². The van der Waals surface area contributed by atoms with Crippen LogP contribution in [0.25, 0.3) is 0 Å². The highest BCUT2D eigenvalue weighted by Crippen LogP contribution is 2.21. The van der Waals surface area contributed by atoms with Crippen LogP contribution >= 0.6 is 11.6 Å². The van der Waals surface area contributed by atoms with E-state index in [1.54, 1.807) is 0 Å². The quantitative estimate of drug-likeness (QED) is 0.938. The van der Waals surface area contributed by atoms with Crippen molar-refractivity contribution in [3.05, 3.63) is 57.6 Å². The number of nitrogens with one attached hydrogen (secondary N) is 1. The number of fused-ring (bicyclic) bond motifs is 1. The summed E-state index contributed by atoms with van der Waals surface area (Å²) >= 11 is 6.22. The molecule has 4 heteroatoms. The van der Waals surface area contributed by atoms with Crippen molar-refractivity contribution >= 4 is 11.6 Å².